The Balaban J connectivity index is 1.57. The zero-order valence-corrected chi connectivity index (χ0v) is 14.9. The lowest BCUT2D eigenvalue weighted by molar-refractivity contribution is -0.118. The number of hydrogen-bond donors (Lipinski definition) is 1. The summed E-state index contributed by atoms with van der Waals surface area (Å²) in [5, 5.41) is 6.76. The van der Waals surface area contributed by atoms with Crippen molar-refractivity contribution in [2.45, 2.75) is 26.7 Å². The highest BCUT2D eigenvalue weighted by atomic mass is 16.5. The van der Waals surface area contributed by atoms with Crippen molar-refractivity contribution >= 4 is 11.6 Å². The SMILES string of the molecule is CCc1noc(-c2ccc(OCC(=O)Nc3ccccc3CC)cc2)n1. The van der Waals surface area contributed by atoms with Crippen molar-refractivity contribution in [3.05, 3.63) is 59.9 Å². The first-order chi connectivity index (χ1) is 12.7. The van der Waals surface area contributed by atoms with Gasteiger partial charge in [0.25, 0.3) is 11.8 Å². The molecule has 0 aliphatic rings. The molecule has 0 radical (unpaired) electrons. The number of hydrogen-bond acceptors (Lipinski definition) is 5. The molecule has 0 bridgehead atoms. The van der Waals surface area contributed by atoms with E-state index in [2.05, 4.69) is 22.4 Å². The van der Waals surface area contributed by atoms with E-state index >= 15 is 0 Å². The van der Waals surface area contributed by atoms with Gasteiger partial charge >= 0.3 is 0 Å². The van der Waals surface area contributed by atoms with Crippen molar-refractivity contribution < 1.29 is 14.1 Å². The minimum absolute atomic E-state index is 0.0576. The molecule has 1 N–H and O–H groups in total. The van der Waals surface area contributed by atoms with Crippen LogP contribution in [0.3, 0.4) is 0 Å². The lowest BCUT2D eigenvalue weighted by Gasteiger charge is -2.10. The number of amides is 1. The van der Waals surface area contributed by atoms with E-state index in [1.807, 2.05) is 43.3 Å². The van der Waals surface area contributed by atoms with E-state index in [-0.39, 0.29) is 12.5 Å². The van der Waals surface area contributed by atoms with Crippen LogP contribution in [0.5, 0.6) is 5.75 Å². The van der Waals surface area contributed by atoms with Crippen LogP contribution in [0.1, 0.15) is 25.2 Å². The molecule has 0 unspecified atom stereocenters. The molecule has 1 amide bonds. The fourth-order valence-electron chi connectivity index (χ4n) is 2.49. The van der Waals surface area contributed by atoms with Crippen molar-refractivity contribution in [3.63, 3.8) is 0 Å². The third-order valence-electron chi connectivity index (χ3n) is 3.93. The van der Waals surface area contributed by atoms with Gasteiger partial charge in [0.1, 0.15) is 5.75 Å². The number of para-hydroxylation sites is 1. The molecule has 6 heteroatoms. The summed E-state index contributed by atoms with van der Waals surface area (Å²) in [4.78, 5) is 16.4. The Hall–Kier alpha value is -3.15. The summed E-state index contributed by atoms with van der Waals surface area (Å²) in [6.45, 7) is 3.96. The van der Waals surface area contributed by atoms with Crippen LogP contribution >= 0.6 is 0 Å². The Morgan fingerprint density at radius 1 is 1.08 bits per heavy atom. The molecule has 1 heterocycles. The second-order valence-corrected chi connectivity index (χ2v) is 5.74. The van der Waals surface area contributed by atoms with Crippen molar-refractivity contribution in [1.29, 1.82) is 0 Å². The third-order valence-corrected chi connectivity index (χ3v) is 3.93. The normalized spacial score (nSPS) is 10.5. The van der Waals surface area contributed by atoms with E-state index < -0.39 is 0 Å². The van der Waals surface area contributed by atoms with E-state index in [0.29, 0.717) is 17.5 Å². The van der Waals surface area contributed by atoms with Crippen molar-refractivity contribution in [2.75, 3.05) is 11.9 Å². The smallest absolute Gasteiger partial charge is 0.262 e. The molecule has 26 heavy (non-hydrogen) atoms. The number of aromatic nitrogens is 2. The second kappa shape index (κ2) is 8.29. The third kappa shape index (κ3) is 4.27. The topological polar surface area (TPSA) is 77.2 Å². The zero-order chi connectivity index (χ0) is 18.4. The Morgan fingerprint density at radius 2 is 1.85 bits per heavy atom. The van der Waals surface area contributed by atoms with Gasteiger partial charge in [-0.25, -0.2) is 0 Å². The lowest BCUT2D eigenvalue weighted by atomic mass is 10.1. The van der Waals surface area contributed by atoms with Crippen LogP contribution < -0.4 is 10.1 Å². The van der Waals surface area contributed by atoms with Crippen LogP contribution in [0, 0.1) is 0 Å². The van der Waals surface area contributed by atoms with Crippen LogP contribution in [-0.4, -0.2) is 22.7 Å². The Bertz CT molecular complexity index is 872. The number of carbonyl (C=O) groups is 1. The highest BCUT2D eigenvalue weighted by Crippen LogP contribution is 2.21. The number of carbonyl (C=O) groups excluding carboxylic acids is 1. The van der Waals surface area contributed by atoms with Gasteiger partial charge in [-0.05, 0) is 42.3 Å². The number of rotatable bonds is 7. The number of aryl methyl sites for hydroxylation is 2. The van der Waals surface area contributed by atoms with Crippen molar-refractivity contribution in [1.82, 2.24) is 10.1 Å². The molecule has 0 saturated heterocycles. The van der Waals surface area contributed by atoms with E-state index in [0.717, 1.165) is 29.7 Å². The number of nitrogens with zero attached hydrogens (tertiary/aromatic N) is 2. The number of ether oxygens (including phenoxy) is 1. The van der Waals surface area contributed by atoms with E-state index in [1.165, 1.54) is 0 Å². The maximum absolute atomic E-state index is 12.1. The van der Waals surface area contributed by atoms with Crippen molar-refractivity contribution in [2.24, 2.45) is 0 Å². The minimum atomic E-state index is -0.195. The van der Waals surface area contributed by atoms with Gasteiger partial charge in [0.05, 0.1) is 0 Å². The maximum atomic E-state index is 12.1. The first kappa shape index (κ1) is 17.7. The summed E-state index contributed by atoms with van der Waals surface area (Å²) in [5.74, 6) is 1.55. The Morgan fingerprint density at radius 3 is 2.54 bits per heavy atom. The number of anilines is 1. The van der Waals surface area contributed by atoms with Crippen LogP contribution in [-0.2, 0) is 17.6 Å². The van der Waals surface area contributed by atoms with E-state index in [1.54, 1.807) is 12.1 Å². The van der Waals surface area contributed by atoms with Gasteiger partial charge in [0.2, 0.25) is 0 Å². The lowest BCUT2D eigenvalue weighted by Crippen LogP contribution is -2.20. The first-order valence-electron chi connectivity index (χ1n) is 8.63. The van der Waals surface area contributed by atoms with Gasteiger partial charge < -0.3 is 14.6 Å². The first-order valence-corrected chi connectivity index (χ1v) is 8.63. The average Bonchev–Trinajstić information content (AvgIpc) is 3.16. The molecule has 2 aromatic carbocycles. The van der Waals surface area contributed by atoms with E-state index in [4.69, 9.17) is 9.26 Å². The molecule has 3 aromatic rings. The highest BCUT2D eigenvalue weighted by Gasteiger charge is 2.09. The predicted octanol–water partition coefficient (Wildman–Crippen LogP) is 3.88. The molecule has 0 saturated carbocycles. The second-order valence-electron chi connectivity index (χ2n) is 5.74. The molecular weight excluding hydrogens is 330 g/mol. The summed E-state index contributed by atoms with van der Waals surface area (Å²) in [6.07, 6.45) is 1.58. The molecule has 1 aromatic heterocycles. The molecular formula is C20H21N3O3. The molecule has 0 fully saturated rings. The highest BCUT2D eigenvalue weighted by molar-refractivity contribution is 5.92. The van der Waals surface area contributed by atoms with Gasteiger partial charge in [0.15, 0.2) is 12.4 Å². The summed E-state index contributed by atoms with van der Waals surface area (Å²) in [6, 6.07) is 14.9. The quantitative estimate of drug-likeness (QED) is 0.699. The maximum Gasteiger partial charge on any atom is 0.262 e. The Labute approximate surface area is 152 Å². The van der Waals surface area contributed by atoms with Crippen molar-refractivity contribution in [3.8, 4) is 17.2 Å². The average molecular weight is 351 g/mol. The largest absolute Gasteiger partial charge is 0.484 e. The molecule has 6 nitrogen and oxygen atoms in total. The minimum Gasteiger partial charge on any atom is -0.484 e. The number of nitrogens with one attached hydrogen (secondary N) is 1. The summed E-state index contributed by atoms with van der Waals surface area (Å²) < 4.78 is 10.8. The van der Waals surface area contributed by atoms with Crippen LogP contribution in [0.4, 0.5) is 5.69 Å². The molecule has 0 atom stereocenters. The summed E-state index contributed by atoms with van der Waals surface area (Å²) in [5.41, 5.74) is 2.73. The van der Waals surface area contributed by atoms with Gasteiger partial charge in [-0.15, -0.1) is 0 Å². The summed E-state index contributed by atoms with van der Waals surface area (Å²) >= 11 is 0. The van der Waals surface area contributed by atoms with E-state index in [9.17, 15) is 4.79 Å². The summed E-state index contributed by atoms with van der Waals surface area (Å²) in [7, 11) is 0. The molecule has 0 aliphatic heterocycles. The predicted molar refractivity (Wildman–Crippen MR) is 99.1 cm³/mol. The van der Waals surface area contributed by atoms with Gasteiger partial charge in [-0.2, -0.15) is 4.98 Å². The number of benzene rings is 2. The molecule has 134 valence electrons. The standard InChI is InChI=1S/C20H21N3O3/c1-3-14-7-5-6-8-17(14)21-19(24)13-25-16-11-9-15(10-12-16)20-22-18(4-2)23-26-20/h5-12H,3-4,13H2,1-2H3,(H,21,24). The zero-order valence-electron chi connectivity index (χ0n) is 14.9. The van der Waals surface area contributed by atoms with Crippen LogP contribution in [0.25, 0.3) is 11.5 Å². The van der Waals surface area contributed by atoms with Gasteiger partial charge in [-0.1, -0.05) is 37.2 Å². The van der Waals surface area contributed by atoms with Crippen LogP contribution in [0.2, 0.25) is 0 Å². The van der Waals surface area contributed by atoms with Gasteiger partial charge in [0, 0.05) is 17.7 Å². The Kier molecular flexibility index (Phi) is 5.63. The molecule has 0 aliphatic carbocycles. The fourth-order valence-corrected chi connectivity index (χ4v) is 2.49. The monoisotopic (exact) mass is 351 g/mol. The molecule has 3 rings (SSSR count). The van der Waals surface area contributed by atoms with Crippen LogP contribution in [0.15, 0.2) is 53.1 Å². The molecule has 0 spiro atoms. The van der Waals surface area contributed by atoms with Gasteiger partial charge in [-0.3, -0.25) is 4.79 Å². The fraction of sp³-hybridized carbons (Fsp3) is 0.250.